The van der Waals surface area contributed by atoms with E-state index in [9.17, 15) is 9.59 Å². The highest BCUT2D eigenvalue weighted by Gasteiger charge is 2.18. The molecule has 0 spiro atoms. The first-order valence-corrected chi connectivity index (χ1v) is 10.2. The van der Waals surface area contributed by atoms with Crippen molar-refractivity contribution >= 4 is 28.8 Å². The molecular formula is C21H24N4O3S. The topological polar surface area (TPSA) is 76.5 Å². The molecule has 0 saturated carbocycles. The molecule has 0 unspecified atom stereocenters. The van der Waals surface area contributed by atoms with Gasteiger partial charge in [-0.15, -0.1) is 11.3 Å². The summed E-state index contributed by atoms with van der Waals surface area (Å²) in [6, 6.07) is 13.3. The summed E-state index contributed by atoms with van der Waals surface area (Å²) in [7, 11) is 1.78. The number of aromatic nitrogens is 2. The number of ether oxygens (including phenoxy) is 1. The number of hydrogen-bond acceptors (Lipinski definition) is 5. The number of carbonyl (C=O) groups excluding carboxylic acids is 2. The second kappa shape index (κ2) is 9.88. The molecule has 0 aliphatic heterocycles. The van der Waals surface area contributed by atoms with Gasteiger partial charge < -0.3 is 15.0 Å². The number of para-hydroxylation sites is 1. The summed E-state index contributed by atoms with van der Waals surface area (Å²) < 4.78 is 7.04. The number of benzene rings is 1. The monoisotopic (exact) mass is 412 g/mol. The summed E-state index contributed by atoms with van der Waals surface area (Å²) in [4.78, 5) is 27.4. The van der Waals surface area contributed by atoms with Crippen LogP contribution in [0.1, 0.15) is 24.3 Å². The van der Waals surface area contributed by atoms with Crippen molar-refractivity contribution in [2.75, 3.05) is 19.0 Å². The van der Waals surface area contributed by atoms with E-state index in [-0.39, 0.29) is 37.4 Å². The number of thiophene rings is 1. The molecule has 3 aromatic rings. The Morgan fingerprint density at radius 1 is 1.24 bits per heavy atom. The molecule has 0 fully saturated rings. The minimum Gasteiger partial charge on any atom is -0.493 e. The van der Waals surface area contributed by atoms with Crippen LogP contribution < -0.4 is 10.1 Å². The van der Waals surface area contributed by atoms with Gasteiger partial charge in [0.2, 0.25) is 11.8 Å². The van der Waals surface area contributed by atoms with E-state index in [2.05, 4.69) is 10.4 Å². The highest BCUT2D eigenvalue weighted by Crippen LogP contribution is 2.23. The average Bonchev–Trinajstić information content (AvgIpc) is 3.40. The molecule has 1 atom stereocenters. The van der Waals surface area contributed by atoms with Crippen molar-refractivity contribution in [2.45, 2.75) is 25.9 Å². The van der Waals surface area contributed by atoms with Crippen LogP contribution in [0.2, 0.25) is 0 Å². The first kappa shape index (κ1) is 20.6. The van der Waals surface area contributed by atoms with Crippen LogP contribution in [0.4, 0.5) is 5.69 Å². The molecule has 152 valence electrons. The van der Waals surface area contributed by atoms with Crippen LogP contribution in [0.25, 0.3) is 0 Å². The highest BCUT2D eigenvalue weighted by molar-refractivity contribution is 7.10. The van der Waals surface area contributed by atoms with E-state index in [1.54, 1.807) is 29.5 Å². The Balaban J connectivity index is 1.45. The van der Waals surface area contributed by atoms with Gasteiger partial charge in [0.05, 0.1) is 31.0 Å². The van der Waals surface area contributed by atoms with Crippen LogP contribution in [0.3, 0.4) is 0 Å². The molecule has 0 aliphatic rings. The SMILES string of the molecule is C[C@H](c1cccs1)N(C)C(=O)Cn1cc(NC(=O)CCOc2ccccc2)cn1. The Morgan fingerprint density at radius 3 is 2.76 bits per heavy atom. The van der Waals surface area contributed by atoms with Gasteiger partial charge in [0, 0.05) is 18.1 Å². The summed E-state index contributed by atoms with van der Waals surface area (Å²) in [5.74, 6) is 0.505. The Bertz CT molecular complexity index is 925. The molecule has 1 aromatic carbocycles. The van der Waals surface area contributed by atoms with Crippen LogP contribution in [-0.4, -0.2) is 40.1 Å². The van der Waals surface area contributed by atoms with Gasteiger partial charge in [0.15, 0.2) is 0 Å². The van der Waals surface area contributed by atoms with Gasteiger partial charge in [-0.1, -0.05) is 24.3 Å². The molecular weight excluding hydrogens is 388 g/mol. The number of amides is 2. The van der Waals surface area contributed by atoms with Crippen molar-refractivity contribution in [3.05, 3.63) is 65.1 Å². The number of anilines is 1. The zero-order chi connectivity index (χ0) is 20.6. The van der Waals surface area contributed by atoms with E-state index < -0.39 is 0 Å². The Kier molecular flexibility index (Phi) is 7.02. The van der Waals surface area contributed by atoms with Crippen molar-refractivity contribution < 1.29 is 14.3 Å². The maximum absolute atomic E-state index is 12.5. The molecule has 1 N–H and O–H groups in total. The molecule has 2 heterocycles. The second-order valence-corrected chi connectivity index (χ2v) is 7.56. The third-order valence-corrected chi connectivity index (χ3v) is 5.53. The van der Waals surface area contributed by atoms with Crippen LogP contribution >= 0.6 is 11.3 Å². The highest BCUT2D eigenvalue weighted by atomic mass is 32.1. The normalized spacial score (nSPS) is 11.7. The summed E-state index contributed by atoms with van der Waals surface area (Å²) in [5.41, 5.74) is 0.552. The number of likely N-dealkylation sites (N-methyl/N-ethyl adjacent to an activating group) is 1. The second-order valence-electron chi connectivity index (χ2n) is 6.58. The van der Waals surface area contributed by atoms with Gasteiger partial charge in [0.1, 0.15) is 12.3 Å². The van der Waals surface area contributed by atoms with Crippen LogP contribution in [0.15, 0.2) is 60.2 Å². The lowest BCUT2D eigenvalue weighted by atomic mass is 10.2. The standard InChI is InChI=1S/C21H24N4O3S/c1-16(19-9-6-12-29-19)24(2)21(27)15-25-14-17(13-22-25)23-20(26)10-11-28-18-7-4-3-5-8-18/h3-9,12-14,16H,10-11,15H2,1-2H3,(H,23,26)/t16-/m1/s1. The molecule has 2 amide bonds. The molecule has 29 heavy (non-hydrogen) atoms. The number of carbonyl (C=O) groups is 2. The van der Waals surface area contributed by atoms with Gasteiger partial charge >= 0.3 is 0 Å². The molecule has 0 bridgehead atoms. The predicted molar refractivity (Wildman–Crippen MR) is 113 cm³/mol. The lowest BCUT2D eigenvalue weighted by Gasteiger charge is -2.24. The Hall–Kier alpha value is -3.13. The number of rotatable bonds is 9. The maximum Gasteiger partial charge on any atom is 0.244 e. The third kappa shape index (κ3) is 5.92. The molecule has 0 saturated heterocycles. The largest absolute Gasteiger partial charge is 0.493 e. The molecule has 0 aliphatic carbocycles. The van der Waals surface area contributed by atoms with Gasteiger partial charge in [-0.25, -0.2) is 0 Å². The van der Waals surface area contributed by atoms with Gasteiger partial charge in [0.25, 0.3) is 0 Å². The fourth-order valence-electron chi connectivity index (χ4n) is 2.70. The minimum absolute atomic E-state index is 0.00171. The van der Waals surface area contributed by atoms with Gasteiger partial charge in [-0.3, -0.25) is 14.3 Å². The summed E-state index contributed by atoms with van der Waals surface area (Å²) >= 11 is 1.62. The quantitative estimate of drug-likeness (QED) is 0.583. The van der Waals surface area contributed by atoms with Crippen molar-refractivity contribution in [2.24, 2.45) is 0 Å². The fraction of sp³-hybridized carbons (Fsp3) is 0.286. The predicted octanol–water partition coefficient (Wildman–Crippen LogP) is 3.57. The number of hydrogen-bond donors (Lipinski definition) is 1. The van der Waals surface area contributed by atoms with Crippen molar-refractivity contribution in [3.8, 4) is 5.75 Å². The fourth-order valence-corrected chi connectivity index (χ4v) is 3.53. The lowest BCUT2D eigenvalue weighted by Crippen LogP contribution is -2.32. The van der Waals surface area contributed by atoms with E-state index in [0.717, 1.165) is 10.6 Å². The van der Waals surface area contributed by atoms with Gasteiger partial charge in [-0.05, 0) is 30.5 Å². The third-order valence-electron chi connectivity index (χ3n) is 4.48. The summed E-state index contributed by atoms with van der Waals surface area (Å²) in [5, 5.41) is 8.94. The Labute approximate surface area is 173 Å². The van der Waals surface area contributed by atoms with Crippen molar-refractivity contribution in [1.82, 2.24) is 14.7 Å². The molecule has 7 nitrogen and oxygen atoms in total. The molecule has 8 heteroatoms. The number of nitrogens with zero attached hydrogens (tertiary/aromatic N) is 3. The van der Waals surface area contributed by atoms with E-state index in [4.69, 9.17) is 4.74 Å². The first-order chi connectivity index (χ1) is 14.0. The lowest BCUT2D eigenvalue weighted by molar-refractivity contribution is -0.132. The van der Waals surface area contributed by atoms with Crippen LogP contribution in [0.5, 0.6) is 5.75 Å². The zero-order valence-electron chi connectivity index (χ0n) is 16.4. The van der Waals surface area contributed by atoms with E-state index in [1.807, 2.05) is 54.8 Å². The first-order valence-electron chi connectivity index (χ1n) is 9.32. The van der Waals surface area contributed by atoms with E-state index in [1.165, 1.54) is 10.9 Å². The average molecular weight is 413 g/mol. The van der Waals surface area contributed by atoms with Crippen LogP contribution in [-0.2, 0) is 16.1 Å². The van der Waals surface area contributed by atoms with E-state index in [0.29, 0.717) is 5.69 Å². The van der Waals surface area contributed by atoms with Crippen molar-refractivity contribution in [3.63, 3.8) is 0 Å². The van der Waals surface area contributed by atoms with E-state index >= 15 is 0 Å². The molecule has 3 rings (SSSR count). The van der Waals surface area contributed by atoms with Gasteiger partial charge in [-0.2, -0.15) is 5.10 Å². The molecule has 0 radical (unpaired) electrons. The zero-order valence-corrected chi connectivity index (χ0v) is 17.3. The van der Waals surface area contributed by atoms with Crippen molar-refractivity contribution in [1.29, 1.82) is 0 Å². The maximum atomic E-state index is 12.5. The Morgan fingerprint density at radius 2 is 2.03 bits per heavy atom. The smallest absolute Gasteiger partial charge is 0.244 e. The molecule has 2 aromatic heterocycles. The van der Waals surface area contributed by atoms with Crippen LogP contribution in [0, 0.1) is 0 Å². The summed E-state index contributed by atoms with van der Waals surface area (Å²) in [6.45, 7) is 2.39. The number of nitrogens with one attached hydrogen (secondary N) is 1. The summed E-state index contributed by atoms with van der Waals surface area (Å²) in [6.07, 6.45) is 3.41. The minimum atomic E-state index is -0.171.